The first kappa shape index (κ1) is 6.49. The van der Waals surface area contributed by atoms with Crippen LogP contribution < -0.4 is 0 Å². The molecule has 0 amide bonds. The maximum absolute atomic E-state index is 2.24. The minimum atomic E-state index is 1.21. The summed E-state index contributed by atoms with van der Waals surface area (Å²) in [6.45, 7) is 2.24. The second-order valence-electron chi connectivity index (χ2n) is 1.35. The van der Waals surface area contributed by atoms with Crippen molar-refractivity contribution in [1.82, 2.24) is 0 Å². The van der Waals surface area contributed by atoms with Crippen LogP contribution in [0.2, 0.25) is 0 Å². The van der Waals surface area contributed by atoms with Crippen molar-refractivity contribution >= 4 is 16.4 Å². The molecule has 36 valence electrons. The summed E-state index contributed by atoms with van der Waals surface area (Å²) in [5.41, 5.74) is 0. The maximum Gasteiger partial charge on any atom is 0.106 e. The Balaban J connectivity index is 2.34. The van der Waals surface area contributed by atoms with E-state index in [2.05, 4.69) is 14.8 Å². The molecule has 0 bridgehead atoms. The minimum absolute atomic E-state index is 1.21. The van der Waals surface area contributed by atoms with Crippen molar-refractivity contribution in [1.29, 1.82) is 0 Å². The first-order valence-corrected chi connectivity index (χ1v) is 4.04. The van der Waals surface area contributed by atoms with Gasteiger partial charge in [0.05, 0.1) is 0 Å². The van der Waals surface area contributed by atoms with Crippen LogP contribution in [0, 0.1) is 0 Å². The number of hydrogen-bond donors (Lipinski definition) is 0. The molecule has 2 heteroatoms. The van der Waals surface area contributed by atoms with Crippen molar-refractivity contribution in [2.24, 2.45) is 0 Å². The van der Waals surface area contributed by atoms with E-state index in [9.17, 15) is 0 Å². The van der Waals surface area contributed by atoms with Gasteiger partial charge in [-0.25, -0.2) is 0 Å². The molecule has 0 saturated carbocycles. The summed E-state index contributed by atoms with van der Waals surface area (Å²) in [7, 11) is 3.46. The zero-order valence-corrected chi connectivity index (χ0v) is 5.62. The Morgan fingerprint density at radius 3 is 2.50 bits per heavy atom. The van der Waals surface area contributed by atoms with Crippen LogP contribution in [-0.4, -0.2) is 20.1 Å². The summed E-state index contributed by atoms with van der Waals surface area (Å²) in [6, 6.07) is 1.38. The van der Waals surface area contributed by atoms with Gasteiger partial charge in [0.25, 0.3) is 0 Å². The predicted octanol–water partition coefficient (Wildman–Crippen LogP) is 0.665. The molecule has 6 heavy (non-hydrogen) atoms. The molecule has 0 heterocycles. The van der Waals surface area contributed by atoms with Crippen LogP contribution in [0.1, 0.15) is 13.3 Å². The zero-order chi connectivity index (χ0) is 4.83. The third kappa shape index (κ3) is 4.49. The van der Waals surface area contributed by atoms with E-state index in [0.717, 1.165) is 0 Å². The smallest absolute Gasteiger partial charge is 0.106 e. The lowest BCUT2D eigenvalue weighted by molar-refractivity contribution is 1.10. The normalized spacial score (nSPS) is 10.8. The third-order valence-corrected chi connectivity index (χ3v) is 2.03. The molecule has 0 aromatic carbocycles. The van der Waals surface area contributed by atoms with Crippen LogP contribution in [0.4, 0.5) is 0 Å². The Morgan fingerprint density at radius 1 is 1.67 bits per heavy atom. The lowest BCUT2D eigenvalue weighted by atomic mass is 10.2. The van der Waals surface area contributed by atoms with Crippen molar-refractivity contribution in [3.63, 3.8) is 0 Å². The Bertz CT molecular complexity index is 19.5. The summed E-state index contributed by atoms with van der Waals surface area (Å²) in [5.74, 6) is 0. The molecule has 0 saturated heterocycles. The highest BCUT2D eigenvalue weighted by Crippen LogP contribution is 2.06. The molecule has 0 rings (SSSR count). The fourth-order valence-corrected chi connectivity index (χ4v) is 1.06. The average molecular weight is 102 g/mol. The van der Waals surface area contributed by atoms with E-state index in [-0.39, 0.29) is 0 Å². The molecule has 0 spiro atoms. The molecule has 1 atom stereocenters. The first-order valence-electron chi connectivity index (χ1n) is 2.62. The lowest BCUT2D eigenvalue weighted by Crippen LogP contribution is -1.72. The Morgan fingerprint density at radius 2 is 2.33 bits per heavy atom. The minimum Gasteiger partial charge on any atom is -0.130 e. The molecule has 1 unspecified atom stereocenters. The van der Waals surface area contributed by atoms with Gasteiger partial charge in [0.2, 0.25) is 0 Å². The summed E-state index contributed by atoms with van der Waals surface area (Å²) >= 11 is 0. The highest BCUT2D eigenvalue weighted by atomic mass is 31.1. The SMILES string of the molecule is BCPCCC. The van der Waals surface area contributed by atoms with Crippen LogP contribution in [-0.2, 0) is 0 Å². The Kier molecular flexibility index (Phi) is 5.95. The summed E-state index contributed by atoms with van der Waals surface area (Å²) in [6.07, 6.45) is 2.81. The predicted molar refractivity (Wildman–Crippen MR) is 36.9 cm³/mol. The van der Waals surface area contributed by atoms with E-state index in [1.54, 1.807) is 0 Å². The van der Waals surface area contributed by atoms with Crippen molar-refractivity contribution < 1.29 is 0 Å². The van der Waals surface area contributed by atoms with E-state index in [1.165, 1.54) is 27.2 Å². The van der Waals surface area contributed by atoms with Crippen LogP contribution in [0.3, 0.4) is 0 Å². The van der Waals surface area contributed by atoms with E-state index in [1.807, 2.05) is 0 Å². The molecule has 0 N–H and O–H groups in total. The molecule has 0 radical (unpaired) electrons. The van der Waals surface area contributed by atoms with Gasteiger partial charge in [-0.2, -0.15) is 0 Å². The van der Waals surface area contributed by atoms with Gasteiger partial charge in [-0.1, -0.05) is 19.4 Å². The fraction of sp³-hybridized carbons (Fsp3) is 1.00. The van der Waals surface area contributed by atoms with E-state index in [0.29, 0.717) is 0 Å². The summed E-state index contributed by atoms with van der Waals surface area (Å²) in [4.78, 5) is 0. The number of hydrogen-bond acceptors (Lipinski definition) is 0. The monoisotopic (exact) mass is 102 g/mol. The van der Waals surface area contributed by atoms with Gasteiger partial charge in [-0.15, -0.1) is 8.58 Å². The lowest BCUT2D eigenvalue weighted by Gasteiger charge is -1.87. The maximum atomic E-state index is 2.24. The van der Waals surface area contributed by atoms with Crippen molar-refractivity contribution in [3.05, 3.63) is 0 Å². The average Bonchev–Trinajstić information content (AvgIpc) is 1.61. The molecule has 0 aliphatic heterocycles. The van der Waals surface area contributed by atoms with E-state index in [4.69, 9.17) is 0 Å². The van der Waals surface area contributed by atoms with Crippen molar-refractivity contribution in [2.75, 3.05) is 12.2 Å². The second-order valence-corrected chi connectivity index (χ2v) is 3.06. The standard InChI is InChI=1S/C4H12BP/c1-2-3-6-4-5/h6H,2-5H2,1H3. The highest BCUT2D eigenvalue weighted by Gasteiger charge is 1.74. The molecule has 0 nitrogen and oxygen atoms in total. The molecule has 0 aromatic heterocycles. The zero-order valence-electron chi connectivity index (χ0n) is 4.62. The molecule has 0 aliphatic carbocycles. The Hall–Kier alpha value is 0.495. The van der Waals surface area contributed by atoms with Crippen LogP contribution in [0.25, 0.3) is 0 Å². The first-order chi connectivity index (χ1) is 2.91. The van der Waals surface area contributed by atoms with Gasteiger partial charge in [0, 0.05) is 0 Å². The van der Waals surface area contributed by atoms with Crippen molar-refractivity contribution in [2.45, 2.75) is 13.3 Å². The summed E-state index contributed by atoms with van der Waals surface area (Å²) in [5, 5.41) is 0. The Labute approximate surface area is 42.9 Å². The largest absolute Gasteiger partial charge is 0.130 e. The summed E-state index contributed by atoms with van der Waals surface area (Å²) < 4.78 is 0. The van der Waals surface area contributed by atoms with Gasteiger partial charge < -0.3 is 0 Å². The van der Waals surface area contributed by atoms with Gasteiger partial charge in [0.15, 0.2) is 0 Å². The van der Waals surface area contributed by atoms with Crippen molar-refractivity contribution in [3.8, 4) is 0 Å². The highest BCUT2D eigenvalue weighted by molar-refractivity contribution is 7.39. The van der Waals surface area contributed by atoms with E-state index >= 15 is 0 Å². The van der Waals surface area contributed by atoms with Gasteiger partial charge in [0.1, 0.15) is 7.85 Å². The van der Waals surface area contributed by atoms with E-state index < -0.39 is 0 Å². The van der Waals surface area contributed by atoms with Crippen LogP contribution in [0.5, 0.6) is 0 Å². The molecule has 0 aromatic rings. The van der Waals surface area contributed by atoms with Gasteiger partial charge in [-0.3, -0.25) is 0 Å². The molecule has 0 aliphatic rings. The third-order valence-electron chi connectivity index (χ3n) is 0.677. The van der Waals surface area contributed by atoms with Crippen LogP contribution >= 0.6 is 8.58 Å². The molecular formula is C4H12BP. The van der Waals surface area contributed by atoms with Crippen LogP contribution in [0.15, 0.2) is 0 Å². The molecular weight excluding hydrogens is 89.8 g/mol. The quantitative estimate of drug-likeness (QED) is 0.279. The molecule has 0 fully saturated rings. The number of rotatable bonds is 3. The fourth-order valence-electron chi connectivity index (χ4n) is 0.354. The van der Waals surface area contributed by atoms with Gasteiger partial charge >= 0.3 is 0 Å². The van der Waals surface area contributed by atoms with Gasteiger partial charge in [-0.05, 0) is 6.16 Å². The topological polar surface area (TPSA) is 0 Å². The second kappa shape index (κ2) is 5.49.